The summed E-state index contributed by atoms with van der Waals surface area (Å²) < 4.78 is 0. The molecule has 72 valence electrons. The smallest absolute Gasteiger partial charge is 0.113 e. The van der Waals surface area contributed by atoms with Crippen molar-refractivity contribution in [1.29, 1.82) is 0 Å². The molecule has 0 aliphatic carbocycles. The van der Waals surface area contributed by atoms with Crippen molar-refractivity contribution in [3.8, 4) is 0 Å². The van der Waals surface area contributed by atoms with Crippen LogP contribution in [0.5, 0.6) is 0 Å². The molecule has 1 nitrogen and oxygen atoms in total. The van der Waals surface area contributed by atoms with E-state index in [9.17, 15) is 0 Å². The molecule has 2 rings (SSSR count). The van der Waals surface area contributed by atoms with Gasteiger partial charge in [-0.1, -0.05) is 41.9 Å². The van der Waals surface area contributed by atoms with Crippen molar-refractivity contribution in [2.24, 2.45) is 0 Å². The van der Waals surface area contributed by atoms with E-state index in [0.717, 1.165) is 17.6 Å². The van der Waals surface area contributed by atoms with Gasteiger partial charge in [-0.2, -0.15) is 0 Å². The minimum atomic E-state index is 0.798. The van der Waals surface area contributed by atoms with Crippen LogP contribution in [0.25, 0.3) is 0 Å². The summed E-state index contributed by atoms with van der Waals surface area (Å²) in [7, 11) is 5.62. The Morgan fingerprint density at radius 3 is 2.33 bits per heavy atom. The van der Waals surface area contributed by atoms with Gasteiger partial charge in [0.2, 0.25) is 0 Å². The number of benzene rings is 2. The van der Waals surface area contributed by atoms with Crippen molar-refractivity contribution in [1.82, 2.24) is 0 Å². The van der Waals surface area contributed by atoms with E-state index in [4.69, 9.17) is 13.6 Å². The molecular formula is C13H12BN. The van der Waals surface area contributed by atoms with Gasteiger partial charge in [0.15, 0.2) is 0 Å². The zero-order valence-electron chi connectivity index (χ0n) is 8.48. The second-order valence-corrected chi connectivity index (χ2v) is 3.66. The Morgan fingerprint density at radius 2 is 1.67 bits per heavy atom. The van der Waals surface area contributed by atoms with Gasteiger partial charge in [-0.25, -0.2) is 0 Å². The molecule has 2 N–H and O–H groups in total. The van der Waals surface area contributed by atoms with Gasteiger partial charge in [-0.05, 0) is 29.7 Å². The number of nitrogen functional groups attached to an aromatic ring is 1. The first-order chi connectivity index (χ1) is 7.24. The maximum Gasteiger partial charge on any atom is 0.113 e. The van der Waals surface area contributed by atoms with Crippen LogP contribution in [0.2, 0.25) is 0 Å². The second kappa shape index (κ2) is 4.22. The average Bonchev–Trinajstić information content (AvgIpc) is 2.22. The minimum absolute atomic E-state index is 0.798. The molecule has 0 unspecified atom stereocenters. The molecule has 0 saturated heterocycles. The van der Waals surface area contributed by atoms with Crippen LogP contribution >= 0.6 is 0 Å². The topological polar surface area (TPSA) is 26.0 Å². The van der Waals surface area contributed by atoms with E-state index in [-0.39, 0.29) is 0 Å². The summed E-state index contributed by atoms with van der Waals surface area (Å²) >= 11 is 0. The van der Waals surface area contributed by atoms with Crippen molar-refractivity contribution in [3.63, 3.8) is 0 Å². The van der Waals surface area contributed by atoms with Gasteiger partial charge in [0, 0.05) is 5.69 Å². The Morgan fingerprint density at radius 1 is 0.933 bits per heavy atom. The van der Waals surface area contributed by atoms with Crippen molar-refractivity contribution >= 4 is 19.0 Å². The van der Waals surface area contributed by atoms with Crippen LogP contribution in [0, 0.1) is 0 Å². The Hall–Kier alpha value is -1.70. The molecule has 0 heterocycles. The highest BCUT2D eigenvalue weighted by Crippen LogP contribution is 2.11. The highest BCUT2D eigenvalue weighted by atomic mass is 14.5. The molecule has 2 aromatic rings. The van der Waals surface area contributed by atoms with E-state index in [1.165, 1.54) is 11.1 Å². The largest absolute Gasteiger partial charge is 0.399 e. The molecule has 0 fully saturated rings. The summed E-state index contributed by atoms with van der Waals surface area (Å²) in [6.07, 6.45) is 0.894. The number of nitrogens with two attached hydrogens (primary N) is 1. The third kappa shape index (κ3) is 2.63. The fraction of sp³-hybridized carbons (Fsp3) is 0.0769. The lowest BCUT2D eigenvalue weighted by Crippen LogP contribution is -2.00. The van der Waals surface area contributed by atoms with E-state index in [0.29, 0.717) is 0 Å². The van der Waals surface area contributed by atoms with E-state index in [2.05, 4.69) is 6.07 Å². The molecule has 0 aromatic heterocycles. The summed E-state index contributed by atoms with van der Waals surface area (Å²) in [6.45, 7) is 0. The van der Waals surface area contributed by atoms with Crippen LogP contribution in [0.4, 0.5) is 5.69 Å². The predicted molar refractivity (Wildman–Crippen MR) is 65.5 cm³/mol. The average molecular weight is 193 g/mol. The summed E-state index contributed by atoms with van der Waals surface area (Å²) in [4.78, 5) is 0. The summed E-state index contributed by atoms with van der Waals surface area (Å²) in [5.74, 6) is 0. The highest BCUT2D eigenvalue weighted by molar-refractivity contribution is 6.32. The Kier molecular flexibility index (Phi) is 2.77. The number of hydrogen-bond donors (Lipinski definition) is 1. The van der Waals surface area contributed by atoms with Crippen LogP contribution in [-0.2, 0) is 6.42 Å². The van der Waals surface area contributed by atoms with Gasteiger partial charge in [-0.15, -0.1) is 0 Å². The lowest BCUT2D eigenvalue weighted by molar-refractivity contribution is 1.20. The lowest BCUT2D eigenvalue weighted by atomic mass is 9.94. The molecule has 0 aliphatic heterocycles. The van der Waals surface area contributed by atoms with Crippen molar-refractivity contribution in [3.05, 3.63) is 59.7 Å². The van der Waals surface area contributed by atoms with Gasteiger partial charge in [0.25, 0.3) is 0 Å². The summed E-state index contributed by atoms with van der Waals surface area (Å²) in [6, 6.07) is 15.9. The van der Waals surface area contributed by atoms with E-state index in [1.54, 1.807) is 0 Å². The third-order valence-electron chi connectivity index (χ3n) is 2.34. The third-order valence-corrected chi connectivity index (χ3v) is 2.34. The minimum Gasteiger partial charge on any atom is -0.399 e. The highest BCUT2D eigenvalue weighted by Gasteiger charge is 1.96. The molecular weight excluding hydrogens is 181 g/mol. The lowest BCUT2D eigenvalue weighted by Gasteiger charge is -2.03. The van der Waals surface area contributed by atoms with E-state index in [1.807, 2.05) is 42.5 Å². The first-order valence-corrected chi connectivity index (χ1v) is 4.93. The molecule has 0 bridgehead atoms. The SMILES string of the molecule is [B]c1ccc(Cc2cccc(N)c2)cc1. The quantitative estimate of drug-likeness (QED) is 0.569. The van der Waals surface area contributed by atoms with Crippen LogP contribution < -0.4 is 11.2 Å². The Balaban J connectivity index is 2.18. The molecule has 2 heteroatoms. The summed E-state index contributed by atoms with van der Waals surface area (Å²) in [5, 5.41) is 0. The molecule has 0 spiro atoms. The molecule has 0 atom stereocenters. The van der Waals surface area contributed by atoms with Crippen LogP contribution in [0.3, 0.4) is 0 Å². The fourth-order valence-corrected chi connectivity index (χ4v) is 1.57. The van der Waals surface area contributed by atoms with Gasteiger partial charge < -0.3 is 5.73 Å². The Bertz CT molecular complexity index is 448. The van der Waals surface area contributed by atoms with Crippen molar-refractivity contribution in [2.75, 3.05) is 5.73 Å². The monoisotopic (exact) mass is 193 g/mol. The van der Waals surface area contributed by atoms with Crippen molar-refractivity contribution < 1.29 is 0 Å². The number of rotatable bonds is 2. The number of anilines is 1. The maximum atomic E-state index is 5.72. The fourth-order valence-electron chi connectivity index (χ4n) is 1.57. The van der Waals surface area contributed by atoms with Crippen LogP contribution in [-0.4, -0.2) is 7.85 Å². The zero-order chi connectivity index (χ0) is 10.7. The van der Waals surface area contributed by atoms with Crippen LogP contribution in [0.1, 0.15) is 11.1 Å². The molecule has 2 radical (unpaired) electrons. The van der Waals surface area contributed by atoms with E-state index >= 15 is 0 Å². The van der Waals surface area contributed by atoms with Crippen LogP contribution in [0.15, 0.2) is 48.5 Å². The summed E-state index contributed by atoms with van der Waals surface area (Å²) in [5.41, 5.74) is 9.79. The normalized spacial score (nSPS) is 10.1. The Labute approximate surface area is 91.3 Å². The van der Waals surface area contributed by atoms with Crippen molar-refractivity contribution in [2.45, 2.75) is 6.42 Å². The maximum absolute atomic E-state index is 5.72. The van der Waals surface area contributed by atoms with E-state index < -0.39 is 0 Å². The number of hydrogen-bond acceptors (Lipinski definition) is 1. The van der Waals surface area contributed by atoms with Gasteiger partial charge in [0.05, 0.1) is 0 Å². The molecule has 2 aromatic carbocycles. The molecule has 15 heavy (non-hydrogen) atoms. The second-order valence-electron chi connectivity index (χ2n) is 3.66. The van der Waals surface area contributed by atoms with Gasteiger partial charge in [-0.3, -0.25) is 0 Å². The van der Waals surface area contributed by atoms with Gasteiger partial charge >= 0.3 is 0 Å². The first kappa shape index (κ1) is 9.84. The molecule has 0 aliphatic rings. The van der Waals surface area contributed by atoms with Gasteiger partial charge in [0.1, 0.15) is 7.85 Å². The standard InChI is InChI=1S/C13H12BN/c14-12-6-4-10(5-7-12)8-11-2-1-3-13(15)9-11/h1-7,9H,8,15H2. The predicted octanol–water partition coefficient (Wildman–Crippen LogP) is 1.65. The molecule has 0 saturated carbocycles. The first-order valence-electron chi connectivity index (χ1n) is 4.93. The zero-order valence-corrected chi connectivity index (χ0v) is 8.48. The molecule has 0 amide bonds.